The number of hydrogen-bond donors (Lipinski definition) is 0. The molecule has 6 heteroatoms. The predicted octanol–water partition coefficient (Wildman–Crippen LogP) is 4.98. The second kappa shape index (κ2) is 7.16. The quantitative estimate of drug-likeness (QED) is 0.641. The topological polar surface area (TPSA) is 59.2 Å². The van der Waals surface area contributed by atoms with Gasteiger partial charge in [-0.3, -0.25) is 4.79 Å². The molecule has 1 atom stereocenters. The van der Waals surface area contributed by atoms with Crippen molar-refractivity contribution in [3.8, 4) is 11.4 Å². The van der Waals surface area contributed by atoms with Gasteiger partial charge in [-0.1, -0.05) is 35.0 Å². The maximum Gasteiger partial charge on any atom is 0.254 e. The number of halogens is 1. The fourth-order valence-electron chi connectivity index (χ4n) is 3.43. The first-order chi connectivity index (χ1) is 13.0. The van der Waals surface area contributed by atoms with Crippen molar-refractivity contribution in [2.45, 2.75) is 32.7 Å². The van der Waals surface area contributed by atoms with Gasteiger partial charge < -0.3 is 9.42 Å². The summed E-state index contributed by atoms with van der Waals surface area (Å²) < 4.78 is 5.50. The van der Waals surface area contributed by atoms with Crippen LogP contribution in [0.2, 0.25) is 5.02 Å². The molecule has 4 rings (SSSR count). The molecule has 3 aromatic rings. The molecule has 0 radical (unpaired) electrons. The molecule has 2 aromatic carbocycles. The van der Waals surface area contributed by atoms with Crippen LogP contribution in [0.1, 0.15) is 46.3 Å². The molecule has 2 heterocycles. The molecule has 1 aromatic heterocycles. The molecule has 5 nitrogen and oxygen atoms in total. The molecular weight excluding hydrogens is 362 g/mol. The summed E-state index contributed by atoms with van der Waals surface area (Å²) in [5.41, 5.74) is 3.69. The van der Waals surface area contributed by atoms with Gasteiger partial charge in [0.05, 0.1) is 5.02 Å². The van der Waals surface area contributed by atoms with E-state index in [0.29, 0.717) is 28.8 Å². The number of benzene rings is 2. The summed E-state index contributed by atoms with van der Waals surface area (Å²) in [5.74, 6) is 0.902. The summed E-state index contributed by atoms with van der Waals surface area (Å²) in [4.78, 5) is 19.4. The van der Waals surface area contributed by atoms with Crippen LogP contribution in [0.15, 0.2) is 47.0 Å². The monoisotopic (exact) mass is 381 g/mol. The minimum atomic E-state index is -0.206. The molecule has 1 fully saturated rings. The number of hydrogen-bond acceptors (Lipinski definition) is 4. The largest absolute Gasteiger partial charge is 0.337 e. The van der Waals surface area contributed by atoms with Crippen molar-refractivity contribution in [2.24, 2.45) is 0 Å². The third kappa shape index (κ3) is 3.35. The zero-order valence-electron chi connectivity index (χ0n) is 15.3. The maximum absolute atomic E-state index is 13.0. The smallest absolute Gasteiger partial charge is 0.254 e. The summed E-state index contributed by atoms with van der Waals surface area (Å²) in [6, 6.07) is 13.0. The van der Waals surface area contributed by atoms with E-state index >= 15 is 0 Å². The summed E-state index contributed by atoms with van der Waals surface area (Å²) in [6.45, 7) is 4.73. The Kier molecular flexibility index (Phi) is 4.70. The summed E-state index contributed by atoms with van der Waals surface area (Å²) >= 11 is 6.23. The Hall–Kier alpha value is -2.66. The van der Waals surface area contributed by atoms with Gasteiger partial charge >= 0.3 is 0 Å². The number of likely N-dealkylation sites (tertiary alicyclic amines) is 1. The van der Waals surface area contributed by atoms with Crippen LogP contribution in [0.4, 0.5) is 0 Å². The number of aromatic nitrogens is 2. The van der Waals surface area contributed by atoms with E-state index in [2.05, 4.69) is 10.1 Å². The van der Waals surface area contributed by atoms with Crippen molar-refractivity contribution < 1.29 is 9.32 Å². The minimum Gasteiger partial charge on any atom is -0.337 e. The van der Waals surface area contributed by atoms with Gasteiger partial charge in [0.1, 0.15) is 6.04 Å². The first-order valence-corrected chi connectivity index (χ1v) is 9.39. The predicted molar refractivity (Wildman–Crippen MR) is 104 cm³/mol. The van der Waals surface area contributed by atoms with Gasteiger partial charge in [-0.2, -0.15) is 4.98 Å². The van der Waals surface area contributed by atoms with Gasteiger partial charge in [-0.25, -0.2) is 0 Å². The van der Waals surface area contributed by atoms with Crippen molar-refractivity contribution in [1.82, 2.24) is 15.0 Å². The molecule has 0 unspecified atom stereocenters. The van der Waals surface area contributed by atoms with Crippen LogP contribution >= 0.6 is 11.6 Å². The van der Waals surface area contributed by atoms with E-state index in [1.807, 2.05) is 55.1 Å². The fraction of sp³-hybridized carbons (Fsp3) is 0.286. The van der Waals surface area contributed by atoms with Gasteiger partial charge in [0.25, 0.3) is 5.91 Å². The molecule has 0 saturated carbocycles. The Morgan fingerprint density at radius 2 is 2.00 bits per heavy atom. The maximum atomic E-state index is 13.0. The van der Waals surface area contributed by atoms with E-state index in [1.54, 1.807) is 6.07 Å². The first-order valence-electron chi connectivity index (χ1n) is 9.01. The lowest BCUT2D eigenvalue weighted by Gasteiger charge is -2.22. The standard InChI is InChI=1S/C21H20ClN3O2/c1-13-9-10-15(12-14(13)2)21(26)25-11-5-8-18(25)20-23-19(24-27-20)16-6-3-4-7-17(16)22/h3-4,6-7,9-10,12,18H,5,8,11H2,1-2H3/t18-/m1/s1. The lowest BCUT2D eigenvalue weighted by atomic mass is 10.1. The van der Waals surface area contributed by atoms with E-state index in [9.17, 15) is 4.79 Å². The molecule has 0 N–H and O–H groups in total. The molecular formula is C21H20ClN3O2. The van der Waals surface area contributed by atoms with E-state index < -0.39 is 0 Å². The second-order valence-corrected chi connectivity index (χ2v) is 7.30. The van der Waals surface area contributed by atoms with Gasteiger partial charge in [0.2, 0.25) is 11.7 Å². The highest BCUT2D eigenvalue weighted by Crippen LogP contribution is 2.34. The van der Waals surface area contributed by atoms with Crippen LogP contribution in [0.3, 0.4) is 0 Å². The number of carbonyl (C=O) groups is 1. The highest BCUT2D eigenvalue weighted by atomic mass is 35.5. The summed E-state index contributed by atoms with van der Waals surface area (Å²) in [6.07, 6.45) is 1.71. The van der Waals surface area contributed by atoms with Crippen molar-refractivity contribution in [1.29, 1.82) is 0 Å². The molecule has 1 aliphatic rings. The van der Waals surface area contributed by atoms with Crippen LogP contribution in [0.5, 0.6) is 0 Å². The van der Waals surface area contributed by atoms with Crippen molar-refractivity contribution >= 4 is 17.5 Å². The summed E-state index contributed by atoms with van der Waals surface area (Å²) in [5, 5.41) is 4.64. The molecule has 27 heavy (non-hydrogen) atoms. The average Bonchev–Trinajstić information content (AvgIpc) is 3.32. The van der Waals surface area contributed by atoms with Gasteiger partial charge in [0, 0.05) is 17.7 Å². The molecule has 0 bridgehead atoms. The van der Waals surface area contributed by atoms with Crippen molar-refractivity contribution in [2.75, 3.05) is 6.54 Å². The third-order valence-electron chi connectivity index (χ3n) is 5.11. The number of carbonyl (C=O) groups excluding carboxylic acids is 1. The van der Waals surface area contributed by atoms with Gasteiger partial charge in [0.15, 0.2) is 0 Å². The zero-order chi connectivity index (χ0) is 19.0. The Morgan fingerprint density at radius 3 is 2.78 bits per heavy atom. The van der Waals surface area contributed by atoms with Crippen LogP contribution in [-0.2, 0) is 0 Å². The van der Waals surface area contributed by atoms with E-state index in [-0.39, 0.29) is 11.9 Å². The Balaban J connectivity index is 1.61. The SMILES string of the molecule is Cc1ccc(C(=O)N2CCC[C@@H]2c2nc(-c3ccccc3Cl)no2)cc1C. The Bertz CT molecular complexity index is 999. The van der Waals surface area contributed by atoms with Gasteiger partial charge in [-0.05, 0) is 62.1 Å². The molecule has 1 amide bonds. The molecule has 1 aliphatic heterocycles. The molecule has 138 valence electrons. The Morgan fingerprint density at radius 1 is 1.19 bits per heavy atom. The molecule has 0 spiro atoms. The van der Waals surface area contributed by atoms with E-state index in [0.717, 1.165) is 24.0 Å². The molecule has 1 saturated heterocycles. The minimum absolute atomic E-state index is 0.00177. The highest BCUT2D eigenvalue weighted by molar-refractivity contribution is 6.33. The van der Waals surface area contributed by atoms with Crippen LogP contribution in [0, 0.1) is 13.8 Å². The van der Waals surface area contributed by atoms with Crippen LogP contribution < -0.4 is 0 Å². The Labute approximate surface area is 163 Å². The lowest BCUT2D eigenvalue weighted by Crippen LogP contribution is -2.30. The van der Waals surface area contributed by atoms with Crippen LogP contribution in [-0.4, -0.2) is 27.5 Å². The van der Waals surface area contributed by atoms with E-state index in [1.165, 1.54) is 5.56 Å². The zero-order valence-corrected chi connectivity index (χ0v) is 16.0. The van der Waals surface area contributed by atoms with Crippen molar-refractivity contribution in [3.05, 3.63) is 70.1 Å². The fourth-order valence-corrected chi connectivity index (χ4v) is 3.65. The van der Waals surface area contributed by atoms with Crippen LogP contribution in [0.25, 0.3) is 11.4 Å². The molecule has 0 aliphatic carbocycles. The number of rotatable bonds is 3. The highest BCUT2D eigenvalue weighted by Gasteiger charge is 2.34. The average molecular weight is 382 g/mol. The van der Waals surface area contributed by atoms with E-state index in [4.69, 9.17) is 16.1 Å². The normalized spacial score (nSPS) is 16.7. The van der Waals surface area contributed by atoms with Gasteiger partial charge in [-0.15, -0.1) is 0 Å². The van der Waals surface area contributed by atoms with Crippen molar-refractivity contribution in [3.63, 3.8) is 0 Å². The number of nitrogens with zero attached hydrogens (tertiary/aromatic N) is 3. The third-order valence-corrected chi connectivity index (χ3v) is 5.44. The first kappa shape index (κ1) is 17.7. The number of aryl methyl sites for hydroxylation is 2. The number of amides is 1. The summed E-state index contributed by atoms with van der Waals surface area (Å²) in [7, 11) is 0. The second-order valence-electron chi connectivity index (χ2n) is 6.89. The lowest BCUT2D eigenvalue weighted by molar-refractivity contribution is 0.0710.